The lowest BCUT2D eigenvalue weighted by atomic mass is 10.5. The molecular weight excluding hydrogens is 252 g/mol. The molecule has 0 saturated heterocycles. The van der Waals surface area contributed by atoms with Gasteiger partial charge in [-0.1, -0.05) is 0 Å². The number of rotatable bonds is 3. The third-order valence-corrected chi connectivity index (χ3v) is 3.88. The second kappa shape index (κ2) is 4.04. The van der Waals surface area contributed by atoms with Crippen LogP contribution < -0.4 is 0 Å². The van der Waals surface area contributed by atoms with Crippen LogP contribution in [0.25, 0.3) is 0 Å². The molecule has 4 heteroatoms. The van der Waals surface area contributed by atoms with Crippen molar-refractivity contribution in [2.75, 3.05) is 0 Å². The highest BCUT2D eigenvalue weighted by Gasteiger charge is 2.14. The van der Waals surface area contributed by atoms with Gasteiger partial charge in [0.2, 0.25) is 0 Å². The van der Waals surface area contributed by atoms with Crippen molar-refractivity contribution in [3.05, 3.63) is 20.8 Å². The maximum absolute atomic E-state index is 5.76. The Morgan fingerprint density at radius 1 is 1.42 bits per heavy atom. The fourth-order valence-electron chi connectivity index (χ4n) is 0.717. The first-order valence-electron chi connectivity index (χ1n) is 3.85. The van der Waals surface area contributed by atoms with Gasteiger partial charge in [-0.3, -0.25) is 0 Å². The zero-order valence-corrected chi connectivity index (χ0v) is 11.0. The van der Waals surface area contributed by atoms with Crippen molar-refractivity contribution >= 4 is 35.6 Å². The standard InChI is InChI=1S/C8H13BrOSSi/c1-12(2,3)10-6-7-4-5-8(9)11-7/h4-5H,6H2,1-3H3. The van der Waals surface area contributed by atoms with Gasteiger partial charge < -0.3 is 4.43 Å². The first-order valence-corrected chi connectivity index (χ1v) is 8.87. The molecule has 0 unspecified atom stereocenters. The Hall–Kier alpha value is 0.357. The summed E-state index contributed by atoms with van der Waals surface area (Å²) >= 11 is 5.17. The molecule has 0 aromatic carbocycles. The minimum atomic E-state index is -1.34. The number of halogens is 1. The van der Waals surface area contributed by atoms with E-state index in [0.717, 1.165) is 6.61 Å². The predicted molar refractivity (Wildman–Crippen MR) is 60.2 cm³/mol. The lowest BCUT2D eigenvalue weighted by molar-refractivity contribution is 0.303. The molecule has 1 aromatic heterocycles. The van der Waals surface area contributed by atoms with Crippen molar-refractivity contribution in [3.63, 3.8) is 0 Å². The molecule has 0 aliphatic carbocycles. The molecule has 0 aliphatic heterocycles. The molecule has 0 fully saturated rings. The smallest absolute Gasteiger partial charge is 0.184 e. The first-order chi connectivity index (χ1) is 5.47. The van der Waals surface area contributed by atoms with Crippen molar-refractivity contribution in [1.29, 1.82) is 0 Å². The normalized spacial score (nSPS) is 12.0. The maximum Gasteiger partial charge on any atom is 0.184 e. The molecular formula is C8H13BrOSSi. The van der Waals surface area contributed by atoms with Gasteiger partial charge in [0.25, 0.3) is 0 Å². The molecule has 0 amide bonds. The maximum atomic E-state index is 5.76. The summed E-state index contributed by atoms with van der Waals surface area (Å²) in [6.07, 6.45) is 0. The number of thiophene rings is 1. The van der Waals surface area contributed by atoms with Gasteiger partial charge in [-0.15, -0.1) is 11.3 Å². The van der Waals surface area contributed by atoms with Gasteiger partial charge in [0.15, 0.2) is 8.32 Å². The Balaban J connectivity index is 2.44. The van der Waals surface area contributed by atoms with E-state index in [0.29, 0.717) is 0 Å². The van der Waals surface area contributed by atoms with Gasteiger partial charge in [-0.25, -0.2) is 0 Å². The molecule has 0 radical (unpaired) electrons. The van der Waals surface area contributed by atoms with Crippen molar-refractivity contribution in [2.45, 2.75) is 26.2 Å². The van der Waals surface area contributed by atoms with Crippen molar-refractivity contribution in [1.82, 2.24) is 0 Å². The molecule has 0 saturated carbocycles. The summed E-state index contributed by atoms with van der Waals surface area (Å²) in [5, 5.41) is 0. The number of hydrogen-bond acceptors (Lipinski definition) is 2. The predicted octanol–water partition coefficient (Wildman–Crippen LogP) is 3.86. The highest BCUT2D eigenvalue weighted by Crippen LogP contribution is 2.23. The molecule has 68 valence electrons. The van der Waals surface area contributed by atoms with Gasteiger partial charge in [0.1, 0.15) is 0 Å². The second-order valence-electron chi connectivity index (χ2n) is 3.61. The molecule has 0 aliphatic rings. The van der Waals surface area contributed by atoms with Crippen LogP contribution in [0, 0.1) is 0 Å². The van der Waals surface area contributed by atoms with Crippen molar-refractivity contribution < 1.29 is 4.43 Å². The van der Waals surface area contributed by atoms with E-state index in [-0.39, 0.29) is 0 Å². The van der Waals surface area contributed by atoms with E-state index < -0.39 is 8.32 Å². The van der Waals surface area contributed by atoms with E-state index in [9.17, 15) is 0 Å². The first kappa shape index (κ1) is 10.4. The monoisotopic (exact) mass is 264 g/mol. The summed E-state index contributed by atoms with van der Waals surface area (Å²) in [5.74, 6) is 0. The Morgan fingerprint density at radius 3 is 2.50 bits per heavy atom. The molecule has 1 rings (SSSR count). The van der Waals surface area contributed by atoms with Crippen LogP contribution in [0.5, 0.6) is 0 Å². The molecule has 0 N–H and O–H groups in total. The van der Waals surface area contributed by atoms with Gasteiger partial charge >= 0.3 is 0 Å². The fraction of sp³-hybridized carbons (Fsp3) is 0.500. The third kappa shape index (κ3) is 3.84. The third-order valence-electron chi connectivity index (χ3n) is 1.28. The summed E-state index contributed by atoms with van der Waals surface area (Å²) < 4.78 is 6.93. The van der Waals surface area contributed by atoms with Crippen LogP contribution in [-0.4, -0.2) is 8.32 Å². The molecule has 0 atom stereocenters. The zero-order valence-electron chi connectivity index (χ0n) is 7.56. The van der Waals surface area contributed by atoms with Gasteiger partial charge in [-0.05, 0) is 47.7 Å². The van der Waals surface area contributed by atoms with Crippen LogP contribution in [0.3, 0.4) is 0 Å². The Labute approximate surface area is 87.0 Å². The summed E-state index contributed by atoms with van der Waals surface area (Å²) in [7, 11) is -1.34. The van der Waals surface area contributed by atoms with Gasteiger partial charge in [-0.2, -0.15) is 0 Å². The number of hydrogen-bond donors (Lipinski definition) is 0. The van der Waals surface area contributed by atoms with Crippen LogP contribution in [0.4, 0.5) is 0 Å². The summed E-state index contributed by atoms with van der Waals surface area (Å²) in [6, 6.07) is 4.17. The molecule has 0 spiro atoms. The summed E-state index contributed by atoms with van der Waals surface area (Å²) in [5.41, 5.74) is 0. The van der Waals surface area contributed by atoms with E-state index in [2.05, 4.69) is 47.7 Å². The molecule has 1 heterocycles. The van der Waals surface area contributed by atoms with Gasteiger partial charge in [0.05, 0.1) is 10.4 Å². The summed E-state index contributed by atoms with van der Waals surface area (Å²) in [6.45, 7) is 7.38. The molecule has 1 nitrogen and oxygen atoms in total. The lowest BCUT2D eigenvalue weighted by Gasteiger charge is -2.15. The van der Waals surface area contributed by atoms with Crippen molar-refractivity contribution in [3.8, 4) is 0 Å². The second-order valence-corrected chi connectivity index (χ2v) is 10.7. The average molecular weight is 265 g/mol. The Kier molecular flexibility index (Phi) is 3.52. The average Bonchev–Trinajstić information content (AvgIpc) is 2.30. The van der Waals surface area contributed by atoms with Crippen LogP contribution in [-0.2, 0) is 11.0 Å². The van der Waals surface area contributed by atoms with E-state index in [1.54, 1.807) is 11.3 Å². The zero-order chi connectivity index (χ0) is 9.19. The Bertz CT molecular complexity index is 254. The SMILES string of the molecule is C[Si](C)(C)OCc1ccc(Br)s1. The van der Waals surface area contributed by atoms with E-state index in [4.69, 9.17) is 4.43 Å². The molecule has 0 bridgehead atoms. The highest BCUT2D eigenvalue weighted by atomic mass is 79.9. The quantitative estimate of drug-likeness (QED) is 0.754. The largest absolute Gasteiger partial charge is 0.413 e. The van der Waals surface area contributed by atoms with Crippen LogP contribution >= 0.6 is 27.3 Å². The minimum absolute atomic E-state index is 0.770. The Morgan fingerprint density at radius 2 is 2.08 bits per heavy atom. The summed E-state index contributed by atoms with van der Waals surface area (Å²) in [4.78, 5) is 1.30. The molecule has 1 aromatic rings. The lowest BCUT2D eigenvalue weighted by Crippen LogP contribution is -2.24. The van der Waals surface area contributed by atoms with Crippen LogP contribution in [0.15, 0.2) is 15.9 Å². The van der Waals surface area contributed by atoms with Crippen LogP contribution in [0.2, 0.25) is 19.6 Å². The van der Waals surface area contributed by atoms with E-state index in [1.807, 2.05) is 0 Å². The van der Waals surface area contributed by atoms with Gasteiger partial charge in [0, 0.05) is 4.88 Å². The fourth-order valence-corrected chi connectivity index (χ4v) is 2.81. The van der Waals surface area contributed by atoms with Crippen LogP contribution in [0.1, 0.15) is 4.88 Å². The highest BCUT2D eigenvalue weighted by molar-refractivity contribution is 9.11. The van der Waals surface area contributed by atoms with Crippen molar-refractivity contribution in [2.24, 2.45) is 0 Å². The minimum Gasteiger partial charge on any atom is -0.413 e. The molecule has 12 heavy (non-hydrogen) atoms. The topological polar surface area (TPSA) is 9.23 Å². The van der Waals surface area contributed by atoms with E-state index in [1.165, 1.54) is 8.66 Å². The van der Waals surface area contributed by atoms with E-state index >= 15 is 0 Å².